The summed E-state index contributed by atoms with van der Waals surface area (Å²) in [5, 5.41) is 16.9. The second-order valence-electron chi connectivity index (χ2n) is 8.83. The molecular weight excluding hydrogens is 609 g/mol. The first-order chi connectivity index (χ1) is 17.6. The number of rotatable bonds is 10. The molecule has 0 aromatic heterocycles. The first-order valence-electron chi connectivity index (χ1n) is 12.1. The summed E-state index contributed by atoms with van der Waals surface area (Å²) in [5.74, 6) is -1.05. The number of primary sulfonamides is 1. The van der Waals surface area contributed by atoms with Gasteiger partial charge in [-0.2, -0.15) is 0 Å². The van der Waals surface area contributed by atoms with Gasteiger partial charge in [0.15, 0.2) is 0 Å². The molecule has 1 saturated carbocycles. The van der Waals surface area contributed by atoms with Gasteiger partial charge < -0.3 is 21.3 Å². The lowest BCUT2D eigenvalue weighted by molar-refractivity contribution is -0.121. The van der Waals surface area contributed by atoms with E-state index in [1.807, 2.05) is 25.1 Å². The number of hydrogen-bond acceptors (Lipinski definition) is 6. The maximum atomic E-state index is 12.8. The summed E-state index contributed by atoms with van der Waals surface area (Å²) >= 11 is 2.23. The second kappa shape index (κ2) is 13.2. The third kappa shape index (κ3) is 8.14. The molecule has 1 aliphatic rings. The molecular formula is C25H32IN5O5S. The SMILES string of the molecule is CCNc1ccc(CI)cc1C(=O)NCC(=O)N[C@@H]1CCCC[C@@H]1NC(=O)c1ccc(S(N)(=O)=O)cc1. The lowest BCUT2D eigenvalue weighted by Crippen LogP contribution is -2.54. The Hall–Kier alpha value is -2.71. The number of nitrogens with one attached hydrogen (secondary N) is 4. The van der Waals surface area contributed by atoms with Crippen molar-refractivity contribution in [3.63, 3.8) is 0 Å². The van der Waals surface area contributed by atoms with E-state index in [4.69, 9.17) is 5.14 Å². The lowest BCUT2D eigenvalue weighted by atomic mass is 9.90. The highest BCUT2D eigenvalue weighted by Gasteiger charge is 2.28. The number of carbonyl (C=O) groups excluding carboxylic acids is 3. The Balaban J connectivity index is 1.58. The topological polar surface area (TPSA) is 159 Å². The van der Waals surface area contributed by atoms with Crippen LogP contribution in [0, 0.1) is 0 Å². The van der Waals surface area contributed by atoms with Gasteiger partial charge in [-0.25, -0.2) is 13.6 Å². The Kier molecular flexibility index (Phi) is 10.3. The van der Waals surface area contributed by atoms with E-state index >= 15 is 0 Å². The molecule has 2 atom stereocenters. The van der Waals surface area contributed by atoms with Crippen LogP contribution in [0.5, 0.6) is 0 Å². The van der Waals surface area contributed by atoms with E-state index in [0.717, 1.165) is 22.8 Å². The number of sulfonamides is 1. The van der Waals surface area contributed by atoms with Crippen LogP contribution in [0.4, 0.5) is 5.69 Å². The molecule has 0 aliphatic heterocycles. The van der Waals surface area contributed by atoms with Gasteiger partial charge in [0, 0.05) is 34.3 Å². The number of halogens is 1. The van der Waals surface area contributed by atoms with Crippen molar-refractivity contribution in [1.29, 1.82) is 0 Å². The average Bonchev–Trinajstić information content (AvgIpc) is 2.88. The molecule has 1 fully saturated rings. The Labute approximate surface area is 230 Å². The maximum absolute atomic E-state index is 12.8. The highest BCUT2D eigenvalue weighted by molar-refractivity contribution is 14.1. The third-order valence-corrected chi connectivity index (χ3v) is 7.94. The zero-order valence-electron chi connectivity index (χ0n) is 20.6. The van der Waals surface area contributed by atoms with E-state index in [0.29, 0.717) is 36.2 Å². The molecule has 12 heteroatoms. The fraction of sp³-hybridized carbons (Fsp3) is 0.400. The predicted octanol–water partition coefficient (Wildman–Crippen LogP) is 2.29. The van der Waals surface area contributed by atoms with Gasteiger partial charge in [0.25, 0.3) is 11.8 Å². The Morgan fingerprint density at radius 3 is 2.22 bits per heavy atom. The van der Waals surface area contributed by atoms with E-state index in [1.54, 1.807) is 0 Å². The molecule has 2 aromatic carbocycles. The third-order valence-electron chi connectivity index (χ3n) is 6.13. The number of amides is 3. The van der Waals surface area contributed by atoms with Gasteiger partial charge in [0.2, 0.25) is 15.9 Å². The molecule has 0 heterocycles. The standard InChI is InChI=1S/C25H32IN5O5S/c1-2-28-20-12-7-16(14-26)13-19(20)25(34)29-15-23(32)30-21-5-3-4-6-22(21)31-24(33)17-8-10-18(11-9-17)37(27,35)36/h7-13,21-22,28H,2-6,14-15H2,1H3,(H,29,34)(H,30,32)(H,31,33)(H2,27,35,36)/t21-,22+/m1/s1. The summed E-state index contributed by atoms with van der Waals surface area (Å²) in [6, 6.07) is 10.4. The predicted molar refractivity (Wildman–Crippen MR) is 150 cm³/mol. The largest absolute Gasteiger partial charge is 0.385 e. The molecule has 1 aliphatic carbocycles. The van der Waals surface area contributed by atoms with Gasteiger partial charge >= 0.3 is 0 Å². The molecule has 6 N–H and O–H groups in total. The number of hydrogen-bond donors (Lipinski definition) is 5. The van der Waals surface area contributed by atoms with Gasteiger partial charge in [0.1, 0.15) is 0 Å². The number of carbonyl (C=O) groups is 3. The van der Waals surface area contributed by atoms with Crippen LogP contribution in [0.1, 0.15) is 58.9 Å². The van der Waals surface area contributed by atoms with Crippen LogP contribution in [0.25, 0.3) is 0 Å². The molecule has 0 unspecified atom stereocenters. The van der Waals surface area contributed by atoms with Crippen LogP contribution < -0.4 is 26.4 Å². The van der Waals surface area contributed by atoms with Crippen molar-refractivity contribution >= 4 is 56.0 Å². The maximum Gasteiger partial charge on any atom is 0.253 e. The van der Waals surface area contributed by atoms with E-state index in [9.17, 15) is 22.8 Å². The van der Waals surface area contributed by atoms with Crippen LogP contribution in [0.2, 0.25) is 0 Å². The molecule has 200 valence electrons. The van der Waals surface area contributed by atoms with Crippen LogP contribution in [0.15, 0.2) is 47.4 Å². The van der Waals surface area contributed by atoms with Gasteiger partial charge in [-0.3, -0.25) is 14.4 Å². The lowest BCUT2D eigenvalue weighted by Gasteiger charge is -2.33. The minimum atomic E-state index is -3.85. The molecule has 0 saturated heterocycles. The summed E-state index contributed by atoms with van der Waals surface area (Å²) in [4.78, 5) is 38.2. The molecule has 3 rings (SSSR count). The van der Waals surface area contributed by atoms with Crippen LogP contribution >= 0.6 is 22.6 Å². The Morgan fingerprint density at radius 1 is 0.973 bits per heavy atom. The fourth-order valence-electron chi connectivity index (χ4n) is 4.24. The highest BCUT2D eigenvalue weighted by Crippen LogP contribution is 2.21. The second-order valence-corrected chi connectivity index (χ2v) is 11.2. The molecule has 3 amide bonds. The number of alkyl halides is 1. The number of benzene rings is 2. The first-order valence-corrected chi connectivity index (χ1v) is 15.1. The van der Waals surface area contributed by atoms with Crippen molar-refractivity contribution in [2.75, 3.05) is 18.4 Å². The number of anilines is 1. The smallest absolute Gasteiger partial charge is 0.253 e. The minimum absolute atomic E-state index is 0.0764. The van der Waals surface area contributed by atoms with E-state index < -0.39 is 10.0 Å². The first kappa shape index (κ1) is 28.9. The molecule has 2 aromatic rings. The van der Waals surface area contributed by atoms with Crippen LogP contribution in [-0.2, 0) is 19.2 Å². The van der Waals surface area contributed by atoms with Crippen molar-refractivity contribution in [2.24, 2.45) is 5.14 Å². The Morgan fingerprint density at radius 2 is 1.62 bits per heavy atom. The summed E-state index contributed by atoms with van der Waals surface area (Å²) in [6.45, 7) is 2.42. The van der Waals surface area contributed by atoms with E-state index in [-0.39, 0.29) is 41.2 Å². The summed E-state index contributed by atoms with van der Waals surface area (Å²) in [5.41, 5.74) is 2.50. The van der Waals surface area contributed by atoms with Crippen molar-refractivity contribution in [3.05, 3.63) is 59.2 Å². The molecule has 0 spiro atoms. The Bertz CT molecular complexity index is 1240. The van der Waals surface area contributed by atoms with Gasteiger partial charge in [-0.1, -0.05) is 41.5 Å². The number of nitrogens with two attached hydrogens (primary N) is 1. The highest BCUT2D eigenvalue weighted by atomic mass is 127. The molecule has 37 heavy (non-hydrogen) atoms. The van der Waals surface area contributed by atoms with Crippen molar-refractivity contribution < 1.29 is 22.8 Å². The van der Waals surface area contributed by atoms with Crippen molar-refractivity contribution in [2.45, 2.75) is 54.0 Å². The normalized spacial score (nSPS) is 17.5. The van der Waals surface area contributed by atoms with Crippen molar-refractivity contribution in [3.8, 4) is 0 Å². The zero-order valence-corrected chi connectivity index (χ0v) is 23.5. The van der Waals surface area contributed by atoms with Gasteiger partial charge in [0.05, 0.1) is 17.0 Å². The summed E-state index contributed by atoms with van der Waals surface area (Å²) in [7, 11) is -3.85. The molecule has 0 bridgehead atoms. The van der Waals surface area contributed by atoms with Gasteiger partial charge in [-0.15, -0.1) is 0 Å². The van der Waals surface area contributed by atoms with Crippen LogP contribution in [0.3, 0.4) is 0 Å². The zero-order chi connectivity index (χ0) is 27.0. The van der Waals surface area contributed by atoms with E-state index in [2.05, 4.69) is 43.9 Å². The fourth-order valence-corrected chi connectivity index (χ4v) is 5.23. The average molecular weight is 642 g/mol. The van der Waals surface area contributed by atoms with E-state index in [1.165, 1.54) is 24.3 Å². The molecule has 0 radical (unpaired) electrons. The summed E-state index contributed by atoms with van der Waals surface area (Å²) < 4.78 is 23.6. The summed E-state index contributed by atoms with van der Waals surface area (Å²) in [6.07, 6.45) is 3.19. The quantitative estimate of drug-likeness (QED) is 0.198. The minimum Gasteiger partial charge on any atom is -0.385 e. The monoisotopic (exact) mass is 641 g/mol. The molecule has 10 nitrogen and oxygen atoms in total. The van der Waals surface area contributed by atoms with Crippen molar-refractivity contribution in [1.82, 2.24) is 16.0 Å². The van der Waals surface area contributed by atoms with Crippen LogP contribution in [-0.4, -0.2) is 51.3 Å². The van der Waals surface area contributed by atoms with Gasteiger partial charge in [-0.05, 0) is 61.7 Å².